The van der Waals surface area contributed by atoms with Crippen LogP contribution in [0, 0.1) is 6.92 Å². The number of aryl methyl sites for hydroxylation is 1. The molecular weight excluding hydrogens is 274 g/mol. The van der Waals surface area contributed by atoms with Crippen LogP contribution < -0.4 is 4.90 Å². The molecule has 2 heterocycles. The van der Waals surface area contributed by atoms with Crippen LogP contribution in [0.25, 0.3) is 21.9 Å². The van der Waals surface area contributed by atoms with Crippen LogP contribution in [0.5, 0.6) is 0 Å². The Bertz CT molecular complexity index is 835. The zero-order valence-corrected chi connectivity index (χ0v) is 13.5. The molecule has 2 aromatic heterocycles. The minimum absolute atomic E-state index is 0.826. The predicted molar refractivity (Wildman–Crippen MR) is 92.1 cm³/mol. The quantitative estimate of drug-likeness (QED) is 0.724. The molecule has 0 spiro atoms. The normalized spacial score (nSPS) is 11.6. The number of nitrogens with zero attached hydrogens (tertiary/aromatic N) is 3. The second-order valence-corrected chi connectivity index (χ2v) is 5.56. The fourth-order valence-corrected chi connectivity index (χ4v) is 2.61. The second kappa shape index (κ2) is 5.72. The average molecular weight is 295 g/mol. The summed E-state index contributed by atoms with van der Waals surface area (Å²) < 4.78 is 6.07. The first-order chi connectivity index (χ1) is 10.6. The molecule has 4 heteroatoms. The van der Waals surface area contributed by atoms with E-state index in [1.54, 1.807) is 12.4 Å². The minimum Gasteiger partial charge on any atom is -0.452 e. The van der Waals surface area contributed by atoms with Crippen molar-refractivity contribution >= 4 is 27.6 Å². The van der Waals surface area contributed by atoms with E-state index in [2.05, 4.69) is 60.2 Å². The molecule has 0 bridgehead atoms. The lowest BCUT2D eigenvalue weighted by Gasteiger charge is -2.19. The summed E-state index contributed by atoms with van der Waals surface area (Å²) in [6.07, 6.45) is 7.71. The highest BCUT2D eigenvalue weighted by molar-refractivity contribution is 6.09. The Morgan fingerprint density at radius 3 is 2.73 bits per heavy atom. The lowest BCUT2D eigenvalue weighted by Crippen LogP contribution is -2.14. The summed E-state index contributed by atoms with van der Waals surface area (Å²) in [5, 5.41) is 2.23. The van der Waals surface area contributed by atoms with Gasteiger partial charge in [-0.3, -0.25) is 4.98 Å². The summed E-state index contributed by atoms with van der Waals surface area (Å²) in [6, 6.07) is 6.26. The molecule has 0 N–H and O–H groups in total. The molecule has 0 saturated heterocycles. The topological polar surface area (TPSA) is 32.5 Å². The van der Waals surface area contributed by atoms with Crippen molar-refractivity contribution in [3.8, 4) is 0 Å². The van der Waals surface area contributed by atoms with Crippen LogP contribution in [0.1, 0.15) is 12.5 Å². The highest BCUT2D eigenvalue weighted by atomic mass is 16.3. The van der Waals surface area contributed by atoms with Gasteiger partial charge in [-0.05, 0) is 25.5 Å². The number of hydrogen-bond donors (Lipinski definition) is 0. The molecule has 22 heavy (non-hydrogen) atoms. The van der Waals surface area contributed by atoms with Crippen molar-refractivity contribution in [2.75, 3.05) is 25.5 Å². The number of aromatic nitrogens is 1. The number of anilines is 1. The fourth-order valence-electron chi connectivity index (χ4n) is 2.61. The molecule has 3 rings (SSSR count). The fraction of sp³-hybridized carbons (Fsp3) is 0.278. The number of rotatable bonds is 4. The maximum Gasteiger partial charge on any atom is 0.159 e. The van der Waals surface area contributed by atoms with Crippen LogP contribution in [0.2, 0.25) is 0 Å². The summed E-state index contributed by atoms with van der Waals surface area (Å²) in [6.45, 7) is 5.21. The molecule has 0 atom stereocenters. The molecule has 0 aliphatic heterocycles. The molecule has 3 aromatic rings. The average Bonchev–Trinajstić information content (AvgIpc) is 2.90. The second-order valence-electron chi connectivity index (χ2n) is 5.56. The molecule has 0 saturated carbocycles. The van der Waals surface area contributed by atoms with E-state index in [0.29, 0.717) is 0 Å². The number of fused-ring (bicyclic) bond motifs is 3. The smallest absolute Gasteiger partial charge is 0.159 e. The number of furan rings is 1. The van der Waals surface area contributed by atoms with Crippen molar-refractivity contribution < 1.29 is 4.42 Å². The summed E-state index contributed by atoms with van der Waals surface area (Å²) in [5.74, 6) is 0. The monoisotopic (exact) mass is 295 g/mol. The summed E-state index contributed by atoms with van der Waals surface area (Å²) in [4.78, 5) is 8.39. The maximum absolute atomic E-state index is 6.07. The van der Waals surface area contributed by atoms with E-state index in [1.165, 1.54) is 5.56 Å². The largest absolute Gasteiger partial charge is 0.452 e. The van der Waals surface area contributed by atoms with Gasteiger partial charge in [-0.2, -0.15) is 0 Å². The van der Waals surface area contributed by atoms with Crippen LogP contribution >= 0.6 is 0 Å². The number of pyridine rings is 1. The van der Waals surface area contributed by atoms with Crippen molar-refractivity contribution in [2.24, 2.45) is 0 Å². The Morgan fingerprint density at radius 2 is 1.95 bits per heavy atom. The Kier molecular flexibility index (Phi) is 3.75. The van der Waals surface area contributed by atoms with Gasteiger partial charge in [0, 0.05) is 50.0 Å². The highest BCUT2D eigenvalue weighted by Crippen LogP contribution is 2.36. The summed E-state index contributed by atoms with van der Waals surface area (Å²) in [5.41, 5.74) is 4.02. The zero-order valence-electron chi connectivity index (χ0n) is 13.5. The standard InChI is InChI=1S/C18H21N3O/c1-5-20(3)10-11-21(4)17-13(2)6-7-15-14-8-9-19-12-16(14)22-18(15)17/h6-12H,5H2,1-4H3/b11-10-. The van der Waals surface area contributed by atoms with E-state index in [9.17, 15) is 0 Å². The lowest BCUT2D eigenvalue weighted by molar-refractivity contribution is 0.482. The van der Waals surface area contributed by atoms with Gasteiger partial charge in [0.25, 0.3) is 0 Å². The van der Waals surface area contributed by atoms with Gasteiger partial charge in [-0.15, -0.1) is 0 Å². The first-order valence-corrected chi connectivity index (χ1v) is 7.49. The Balaban J connectivity index is 2.15. The van der Waals surface area contributed by atoms with Gasteiger partial charge in [0.05, 0.1) is 11.9 Å². The van der Waals surface area contributed by atoms with Gasteiger partial charge in [0.2, 0.25) is 0 Å². The van der Waals surface area contributed by atoms with Crippen LogP contribution in [-0.4, -0.2) is 30.5 Å². The summed E-state index contributed by atoms with van der Waals surface area (Å²) in [7, 11) is 4.11. The van der Waals surface area contributed by atoms with Gasteiger partial charge < -0.3 is 14.2 Å². The third-order valence-corrected chi connectivity index (χ3v) is 4.02. The van der Waals surface area contributed by atoms with Gasteiger partial charge in [-0.1, -0.05) is 12.1 Å². The van der Waals surface area contributed by atoms with Gasteiger partial charge >= 0.3 is 0 Å². The van der Waals surface area contributed by atoms with Gasteiger partial charge in [0.15, 0.2) is 11.2 Å². The Hall–Kier alpha value is -2.49. The molecule has 114 valence electrons. The first kappa shape index (κ1) is 14.4. The van der Waals surface area contributed by atoms with Crippen molar-refractivity contribution in [3.05, 3.63) is 48.6 Å². The Labute approximate surface area is 130 Å². The van der Waals surface area contributed by atoms with Crippen LogP contribution in [0.4, 0.5) is 5.69 Å². The van der Waals surface area contributed by atoms with E-state index in [0.717, 1.165) is 34.2 Å². The van der Waals surface area contributed by atoms with E-state index < -0.39 is 0 Å². The highest BCUT2D eigenvalue weighted by Gasteiger charge is 2.14. The Morgan fingerprint density at radius 1 is 1.14 bits per heavy atom. The molecule has 0 amide bonds. The third-order valence-electron chi connectivity index (χ3n) is 4.02. The molecule has 1 aromatic carbocycles. The van der Waals surface area contributed by atoms with E-state index in [4.69, 9.17) is 4.42 Å². The van der Waals surface area contributed by atoms with E-state index >= 15 is 0 Å². The van der Waals surface area contributed by atoms with E-state index in [1.807, 2.05) is 13.1 Å². The number of hydrogen-bond acceptors (Lipinski definition) is 4. The predicted octanol–water partition coefficient (Wildman–Crippen LogP) is 4.15. The zero-order chi connectivity index (χ0) is 15.7. The van der Waals surface area contributed by atoms with Crippen LogP contribution in [0.3, 0.4) is 0 Å². The molecule has 0 unspecified atom stereocenters. The van der Waals surface area contributed by atoms with Crippen molar-refractivity contribution in [1.29, 1.82) is 0 Å². The van der Waals surface area contributed by atoms with Gasteiger partial charge in [0.1, 0.15) is 0 Å². The summed E-state index contributed by atoms with van der Waals surface area (Å²) >= 11 is 0. The maximum atomic E-state index is 6.07. The van der Waals surface area contributed by atoms with Crippen LogP contribution in [-0.2, 0) is 0 Å². The van der Waals surface area contributed by atoms with Gasteiger partial charge in [-0.25, -0.2) is 0 Å². The third kappa shape index (κ3) is 2.41. The molecule has 0 aliphatic carbocycles. The van der Waals surface area contributed by atoms with Crippen LogP contribution in [0.15, 0.2) is 47.4 Å². The molecule has 0 aliphatic rings. The number of benzene rings is 1. The van der Waals surface area contributed by atoms with Crippen molar-refractivity contribution in [3.63, 3.8) is 0 Å². The minimum atomic E-state index is 0.826. The van der Waals surface area contributed by atoms with Crippen molar-refractivity contribution in [2.45, 2.75) is 13.8 Å². The molecular formula is C18H21N3O. The molecule has 0 radical (unpaired) electrons. The molecule has 4 nitrogen and oxygen atoms in total. The first-order valence-electron chi connectivity index (χ1n) is 7.49. The molecule has 0 fully saturated rings. The van der Waals surface area contributed by atoms with Crippen molar-refractivity contribution in [1.82, 2.24) is 9.88 Å². The van der Waals surface area contributed by atoms with E-state index in [-0.39, 0.29) is 0 Å². The lowest BCUT2D eigenvalue weighted by atomic mass is 10.1. The SMILES string of the molecule is CCN(C)/C=C\N(C)c1c(C)ccc2c1oc1cnccc12.